The molecule has 0 N–H and O–H groups in total. The molecule has 4 heteroatoms. The van der Waals surface area contributed by atoms with E-state index in [4.69, 9.17) is 4.74 Å². The summed E-state index contributed by atoms with van der Waals surface area (Å²) in [6, 6.07) is 3.99. The Kier molecular flexibility index (Phi) is 3.59. The van der Waals surface area contributed by atoms with Crippen LogP contribution in [0.3, 0.4) is 0 Å². The van der Waals surface area contributed by atoms with Crippen LogP contribution in [0.2, 0.25) is 0 Å². The Balaban J connectivity index is 1.92. The van der Waals surface area contributed by atoms with E-state index in [9.17, 15) is 4.79 Å². The van der Waals surface area contributed by atoms with Crippen LogP contribution in [0.15, 0.2) is 15.9 Å². The highest BCUT2D eigenvalue weighted by Crippen LogP contribution is 2.26. The zero-order valence-electron chi connectivity index (χ0n) is 8.53. The minimum atomic E-state index is 0.112. The van der Waals surface area contributed by atoms with Gasteiger partial charge in [-0.05, 0) is 41.4 Å². The SMILES string of the molecule is CC1CC(C(=O)Cc2ccc(Br)s2)CO1. The largest absolute Gasteiger partial charge is 0.378 e. The lowest BCUT2D eigenvalue weighted by Gasteiger charge is -2.04. The van der Waals surface area contributed by atoms with E-state index in [2.05, 4.69) is 15.9 Å². The monoisotopic (exact) mass is 288 g/mol. The average molecular weight is 289 g/mol. The standard InChI is InChI=1S/C11H13BrO2S/c1-7-4-8(6-14-7)10(13)5-9-2-3-11(12)15-9/h2-3,7-8H,4-6H2,1H3. The van der Waals surface area contributed by atoms with Crippen LogP contribution in [0.25, 0.3) is 0 Å². The van der Waals surface area contributed by atoms with E-state index in [1.165, 1.54) is 0 Å². The fourth-order valence-corrected chi connectivity index (χ4v) is 3.30. The lowest BCUT2D eigenvalue weighted by Crippen LogP contribution is -2.16. The maximum atomic E-state index is 11.9. The van der Waals surface area contributed by atoms with E-state index in [0.29, 0.717) is 18.8 Å². The molecule has 0 aromatic carbocycles. The van der Waals surface area contributed by atoms with Gasteiger partial charge in [-0.15, -0.1) is 11.3 Å². The van der Waals surface area contributed by atoms with Gasteiger partial charge in [-0.3, -0.25) is 4.79 Å². The fourth-order valence-electron chi connectivity index (χ4n) is 1.80. The van der Waals surface area contributed by atoms with Gasteiger partial charge in [-0.1, -0.05) is 0 Å². The van der Waals surface area contributed by atoms with Crippen LogP contribution in [-0.4, -0.2) is 18.5 Å². The number of Topliss-reactive ketones (excluding diaryl/α,β-unsaturated/α-hetero) is 1. The molecule has 0 spiro atoms. The van der Waals surface area contributed by atoms with Crippen molar-refractivity contribution in [3.05, 3.63) is 20.8 Å². The first-order valence-electron chi connectivity index (χ1n) is 5.03. The number of halogens is 1. The third-order valence-electron chi connectivity index (χ3n) is 2.63. The fraction of sp³-hybridized carbons (Fsp3) is 0.545. The molecule has 1 aliphatic heterocycles. The third kappa shape index (κ3) is 2.89. The molecule has 2 unspecified atom stereocenters. The number of hydrogen-bond donors (Lipinski definition) is 0. The molecule has 0 saturated carbocycles. The highest BCUT2D eigenvalue weighted by Gasteiger charge is 2.28. The minimum absolute atomic E-state index is 0.112. The summed E-state index contributed by atoms with van der Waals surface area (Å²) < 4.78 is 6.49. The van der Waals surface area contributed by atoms with Gasteiger partial charge in [0.05, 0.1) is 16.5 Å². The summed E-state index contributed by atoms with van der Waals surface area (Å²) in [5.74, 6) is 0.426. The normalized spacial score (nSPS) is 25.7. The van der Waals surface area contributed by atoms with E-state index in [1.54, 1.807) is 11.3 Å². The first kappa shape index (κ1) is 11.3. The highest BCUT2D eigenvalue weighted by atomic mass is 79.9. The Morgan fingerprint density at radius 1 is 1.67 bits per heavy atom. The zero-order chi connectivity index (χ0) is 10.8. The van der Waals surface area contributed by atoms with Crippen LogP contribution < -0.4 is 0 Å². The molecular formula is C11H13BrO2S. The van der Waals surface area contributed by atoms with Crippen LogP contribution in [0.1, 0.15) is 18.2 Å². The van der Waals surface area contributed by atoms with Crippen molar-refractivity contribution in [1.29, 1.82) is 0 Å². The summed E-state index contributed by atoms with van der Waals surface area (Å²) in [4.78, 5) is 13.0. The molecule has 1 aromatic heterocycles. The van der Waals surface area contributed by atoms with Crippen molar-refractivity contribution in [3.8, 4) is 0 Å². The number of carbonyl (C=O) groups is 1. The van der Waals surface area contributed by atoms with Gasteiger partial charge in [0, 0.05) is 17.2 Å². The van der Waals surface area contributed by atoms with Gasteiger partial charge in [0.15, 0.2) is 0 Å². The highest BCUT2D eigenvalue weighted by molar-refractivity contribution is 9.11. The molecule has 1 saturated heterocycles. The van der Waals surface area contributed by atoms with E-state index >= 15 is 0 Å². The predicted octanol–water partition coefficient (Wildman–Crippen LogP) is 3.05. The van der Waals surface area contributed by atoms with Gasteiger partial charge < -0.3 is 4.74 Å². The first-order valence-corrected chi connectivity index (χ1v) is 6.64. The second-order valence-corrected chi connectivity index (χ2v) is 6.47. The number of rotatable bonds is 3. The number of thiophene rings is 1. The van der Waals surface area contributed by atoms with Crippen molar-refractivity contribution in [1.82, 2.24) is 0 Å². The van der Waals surface area contributed by atoms with Crippen LogP contribution in [-0.2, 0) is 16.0 Å². The summed E-state index contributed by atoms with van der Waals surface area (Å²) in [6.45, 7) is 2.63. The smallest absolute Gasteiger partial charge is 0.143 e. The van der Waals surface area contributed by atoms with Crippen LogP contribution in [0.5, 0.6) is 0 Å². The van der Waals surface area contributed by atoms with Gasteiger partial charge in [-0.25, -0.2) is 0 Å². The molecule has 2 heterocycles. The zero-order valence-corrected chi connectivity index (χ0v) is 10.9. The molecule has 82 valence electrons. The minimum Gasteiger partial charge on any atom is -0.378 e. The van der Waals surface area contributed by atoms with Crippen molar-refractivity contribution in [3.63, 3.8) is 0 Å². The number of ketones is 1. The molecule has 2 nitrogen and oxygen atoms in total. The maximum Gasteiger partial charge on any atom is 0.143 e. The molecule has 0 bridgehead atoms. The summed E-state index contributed by atoms with van der Waals surface area (Å²) in [5.41, 5.74) is 0. The number of ether oxygens (including phenoxy) is 1. The number of carbonyl (C=O) groups excluding carboxylic acids is 1. The molecule has 1 aromatic rings. The molecule has 15 heavy (non-hydrogen) atoms. The lowest BCUT2D eigenvalue weighted by atomic mass is 9.98. The average Bonchev–Trinajstić information content (AvgIpc) is 2.75. The Morgan fingerprint density at radius 2 is 2.47 bits per heavy atom. The number of hydrogen-bond acceptors (Lipinski definition) is 3. The van der Waals surface area contributed by atoms with Gasteiger partial charge in [0.25, 0.3) is 0 Å². The molecule has 1 aliphatic rings. The maximum absolute atomic E-state index is 11.9. The summed E-state index contributed by atoms with van der Waals surface area (Å²) in [5, 5.41) is 0. The third-order valence-corrected chi connectivity index (χ3v) is 4.25. The van der Waals surface area contributed by atoms with Crippen molar-refractivity contribution in [2.24, 2.45) is 5.92 Å². The molecule has 0 aliphatic carbocycles. The van der Waals surface area contributed by atoms with Crippen molar-refractivity contribution < 1.29 is 9.53 Å². The van der Waals surface area contributed by atoms with Gasteiger partial charge >= 0.3 is 0 Å². The first-order chi connectivity index (χ1) is 7.15. The lowest BCUT2D eigenvalue weighted by molar-refractivity contribution is -0.122. The second-order valence-electron chi connectivity index (χ2n) is 3.93. The quantitative estimate of drug-likeness (QED) is 0.855. The van der Waals surface area contributed by atoms with E-state index < -0.39 is 0 Å². The Hall–Kier alpha value is -0.190. The topological polar surface area (TPSA) is 26.3 Å². The molecule has 1 fully saturated rings. The Morgan fingerprint density at radius 3 is 3.00 bits per heavy atom. The Labute approximate surface area is 102 Å². The van der Waals surface area contributed by atoms with Gasteiger partial charge in [-0.2, -0.15) is 0 Å². The molecule has 0 radical (unpaired) electrons. The van der Waals surface area contributed by atoms with Crippen molar-refractivity contribution >= 4 is 33.0 Å². The van der Waals surface area contributed by atoms with Crippen LogP contribution in [0, 0.1) is 5.92 Å². The van der Waals surface area contributed by atoms with Crippen LogP contribution in [0.4, 0.5) is 0 Å². The molecule has 0 amide bonds. The van der Waals surface area contributed by atoms with Crippen molar-refractivity contribution in [2.45, 2.75) is 25.9 Å². The molecule has 2 atom stereocenters. The Bertz CT molecular complexity index is 361. The van der Waals surface area contributed by atoms with Gasteiger partial charge in [0.2, 0.25) is 0 Å². The van der Waals surface area contributed by atoms with Crippen molar-refractivity contribution in [2.75, 3.05) is 6.61 Å². The predicted molar refractivity (Wildman–Crippen MR) is 64.3 cm³/mol. The van der Waals surface area contributed by atoms with Gasteiger partial charge in [0.1, 0.15) is 5.78 Å². The van der Waals surface area contributed by atoms with E-state index in [0.717, 1.165) is 15.1 Å². The molecular weight excluding hydrogens is 276 g/mol. The van der Waals surface area contributed by atoms with Crippen LogP contribution >= 0.6 is 27.3 Å². The summed E-state index contributed by atoms with van der Waals surface area (Å²) >= 11 is 5.03. The van der Waals surface area contributed by atoms with E-state index in [1.807, 2.05) is 19.1 Å². The summed E-state index contributed by atoms with van der Waals surface area (Å²) in [7, 11) is 0. The molecule has 2 rings (SSSR count). The van der Waals surface area contributed by atoms with E-state index in [-0.39, 0.29) is 12.0 Å². The summed E-state index contributed by atoms with van der Waals surface area (Å²) in [6.07, 6.45) is 1.68. The second kappa shape index (κ2) is 4.76.